The maximum Gasteiger partial charge on any atom is 0.143 e. The molecule has 2 aromatic heterocycles. The number of nitrogens with zero attached hydrogens (tertiary/aromatic N) is 2. The Labute approximate surface area is 131 Å². The van der Waals surface area contributed by atoms with Gasteiger partial charge in [0.2, 0.25) is 0 Å². The molecular weight excluding hydrogens is 298 g/mol. The number of benzene rings is 1. The highest BCUT2D eigenvalue weighted by atomic mass is 32.1. The maximum absolute atomic E-state index is 6.04. The van der Waals surface area contributed by atoms with Crippen molar-refractivity contribution in [3.05, 3.63) is 42.0 Å². The van der Waals surface area contributed by atoms with E-state index in [1.807, 2.05) is 35.7 Å². The Balaban J connectivity index is 1.63. The molecule has 0 saturated carbocycles. The number of nitrogens with one attached hydrogen (secondary N) is 1. The number of thiophene rings is 1. The van der Waals surface area contributed by atoms with Crippen molar-refractivity contribution in [1.29, 1.82) is 0 Å². The van der Waals surface area contributed by atoms with Crippen LogP contribution in [0.15, 0.2) is 42.0 Å². The molecule has 4 rings (SSSR count). The first-order chi connectivity index (χ1) is 10.9. The van der Waals surface area contributed by atoms with Gasteiger partial charge >= 0.3 is 0 Å². The van der Waals surface area contributed by atoms with Gasteiger partial charge in [-0.25, -0.2) is 9.97 Å². The SMILES string of the molecule is c1ccc(O[C@H]2CCOC2)c(Nc2ncnc3sccc23)c1. The van der Waals surface area contributed by atoms with Crippen LogP contribution in [-0.4, -0.2) is 29.3 Å². The van der Waals surface area contributed by atoms with Crippen LogP contribution in [-0.2, 0) is 4.74 Å². The fourth-order valence-corrected chi connectivity index (χ4v) is 3.21. The molecule has 1 fully saturated rings. The molecule has 0 aliphatic carbocycles. The Kier molecular flexibility index (Phi) is 3.62. The van der Waals surface area contributed by atoms with Crippen LogP contribution in [0.4, 0.5) is 11.5 Å². The largest absolute Gasteiger partial charge is 0.486 e. The summed E-state index contributed by atoms with van der Waals surface area (Å²) in [4.78, 5) is 9.59. The average Bonchev–Trinajstić information content (AvgIpc) is 3.21. The van der Waals surface area contributed by atoms with Gasteiger partial charge in [-0.1, -0.05) is 12.1 Å². The van der Waals surface area contributed by atoms with Crippen LogP contribution < -0.4 is 10.1 Å². The predicted molar refractivity (Wildman–Crippen MR) is 87.0 cm³/mol. The number of hydrogen-bond donors (Lipinski definition) is 1. The molecule has 0 radical (unpaired) electrons. The highest BCUT2D eigenvalue weighted by molar-refractivity contribution is 7.16. The Hall–Kier alpha value is -2.18. The molecule has 5 nitrogen and oxygen atoms in total. The summed E-state index contributed by atoms with van der Waals surface area (Å²) >= 11 is 1.60. The second-order valence-electron chi connectivity index (χ2n) is 5.09. The van der Waals surface area contributed by atoms with Crippen LogP contribution in [0.2, 0.25) is 0 Å². The molecule has 1 saturated heterocycles. The molecular formula is C16H15N3O2S. The van der Waals surface area contributed by atoms with E-state index in [1.54, 1.807) is 17.7 Å². The summed E-state index contributed by atoms with van der Waals surface area (Å²) in [6.07, 6.45) is 2.63. The molecule has 1 atom stereocenters. The van der Waals surface area contributed by atoms with Crippen LogP contribution in [0.3, 0.4) is 0 Å². The standard InChI is InChI=1S/C16H15N3O2S/c1-2-4-14(21-11-5-7-20-9-11)13(3-1)19-15-12-6-8-22-16(12)18-10-17-15/h1-4,6,8,10-11H,5,7,9H2,(H,17,18,19)/t11-/m0/s1. The van der Waals surface area contributed by atoms with Crippen molar-refractivity contribution in [2.24, 2.45) is 0 Å². The maximum atomic E-state index is 6.04. The molecule has 3 aromatic rings. The molecule has 0 amide bonds. The fraction of sp³-hybridized carbons (Fsp3) is 0.250. The summed E-state index contributed by atoms with van der Waals surface area (Å²) in [7, 11) is 0. The Morgan fingerprint density at radius 2 is 2.18 bits per heavy atom. The van der Waals surface area contributed by atoms with Crippen molar-refractivity contribution < 1.29 is 9.47 Å². The van der Waals surface area contributed by atoms with E-state index in [1.165, 1.54) is 0 Å². The quantitative estimate of drug-likeness (QED) is 0.797. The molecule has 6 heteroatoms. The van der Waals surface area contributed by atoms with Crippen molar-refractivity contribution in [3.63, 3.8) is 0 Å². The summed E-state index contributed by atoms with van der Waals surface area (Å²) in [5.74, 6) is 1.62. The number of rotatable bonds is 4. The van der Waals surface area contributed by atoms with Gasteiger partial charge in [-0.2, -0.15) is 0 Å². The summed E-state index contributed by atoms with van der Waals surface area (Å²) < 4.78 is 11.4. The van der Waals surface area contributed by atoms with E-state index >= 15 is 0 Å². The van der Waals surface area contributed by atoms with Gasteiger partial charge in [0.25, 0.3) is 0 Å². The lowest BCUT2D eigenvalue weighted by Gasteiger charge is -2.16. The van der Waals surface area contributed by atoms with Gasteiger partial charge < -0.3 is 14.8 Å². The lowest BCUT2D eigenvalue weighted by Crippen LogP contribution is -2.16. The zero-order valence-electron chi connectivity index (χ0n) is 11.9. The minimum atomic E-state index is 0.120. The van der Waals surface area contributed by atoms with E-state index in [4.69, 9.17) is 9.47 Å². The molecule has 3 heterocycles. The Morgan fingerprint density at radius 1 is 1.23 bits per heavy atom. The highest BCUT2D eigenvalue weighted by Gasteiger charge is 2.18. The third-order valence-electron chi connectivity index (χ3n) is 3.58. The first-order valence-electron chi connectivity index (χ1n) is 7.19. The average molecular weight is 313 g/mol. The molecule has 1 aliphatic rings. The molecule has 22 heavy (non-hydrogen) atoms. The lowest BCUT2D eigenvalue weighted by molar-refractivity contribution is 0.142. The first-order valence-corrected chi connectivity index (χ1v) is 8.07. The van der Waals surface area contributed by atoms with Gasteiger partial charge in [-0.3, -0.25) is 0 Å². The van der Waals surface area contributed by atoms with E-state index in [-0.39, 0.29) is 6.10 Å². The van der Waals surface area contributed by atoms with Gasteiger partial charge in [0, 0.05) is 6.42 Å². The topological polar surface area (TPSA) is 56.3 Å². The zero-order valence-corrected chi connectivity index (χ0v) is 12.7. The molecule has 1 aromatic carbocycles. The zero-order chi connectivity index (χ0) is 14.8. The summed E-state index contributed by atoms with van der Waals surface area (Å²) in [5, 5.41) is 6.40. The Morgan fingerprint density at radius 3 is 3.09 bits per heavy atom. The number of ether oxygens (including phenoxy) is 2. The van der Waals surface area contributed by atoms with E-state index in [2.05, 4.69) is 15.3 Å². The first kappa shape index (κ1) is 13.5. The normalized spacial score (nSPS) is 17.7. The van der Waals surface area contributed by atoms with Crippen molar-refractivity contribution in [3.8, 4) is 5.75 Å². The highest BCUT2D eigenvalue weighted by Crippen LogP contribution is 2.32. The minimum Gasteiger partial charge on any atom is -0.486 e. The van der Waals surface area contributed by atoms with Crippen LogP contribution in [0.25, 0.3) is 10.2 Å². The summed E-state index contributed by atoms with van der Waals surface area (Å²) in [5.41, 5.74) is 0.903. The molecule has 112 valence electrons. The van der Waals surface area contributed by atoms with E-state index in [9.17, 15) is 0 Å². The van der Waals surface area contributed by atoms with Gasteiger partial charge in [0.05, 0.1) is 24.3 Å². The monoisotopic (exact) mass is 313 g/mol. The minimum absolute atomic E-state index is 0.120. The molecule has 0 spiro atoms. The number of para-hydroxylation sites is 2. The van der Waals surface area contributed by atoms with Crippen LogP contribution in [0, 0.1) is 0 Å². The second kappa shape index (κ2) is 5.90. The number of anilines is 2. The van der Waals surface area contributed by atoms with Gasteiger partial charge in [0.1, 0.15) is 28.8 Å². The number of hydrogen-bond acceptors (Lipinski definition) is 6. The molecule has 1 N–H and O–H groups in total. The van der Waals surface area contributed by atoms with E-state index < -0.39 is 0 Å². The second-order valence-corrected chi connectivity index (χ2v) is 5.98. The summed E-state index contributed by atoms with van der Waals surface area (Å²) in [6, 6.07) is 9.93. The molecule has 1 aliphatic heterocycles. The summed E-state index contributed by atoms with van der Waals surface area (Å²) in [6.45, 7) is 1.41. The predicted octanol–water partition coefficient (Wildman–Crippen LogP) is 3.60. The van der Waals surface area contributed by atoms with Crippen molar-refractivity contribution >= 4 is 33.1 Å². The fourth-order valence-electron chi connectivity index (χ4n) is 2.48. The smallest absolute Gasteiger partial charge is 0.143 e. The van der Waals surface area contributed by atoms with Crippen LogP contribution in [0.5, 0.6) is 5.75 Å². The van der Waals surface area contributed by atoms with Gasteiger partial charge in [0.15, 0.2) is 0 Å². The Bertz CT molecular complexity index is 784. The van der Waals surface area contributed by atoms with Crippen molar-refractivity contribution in [2.75, 3.05) is 18.5 Å². The third kappa shape index (κ3) is 2.63. The van der Waals surface area contributed by atoms with E-state index in [0.717, 1.165) is 40.5 Å². The van der Waals surface area contributed by atoms with Gasteiger partial charge in [-0.15, -0.1) is 11.3 Å². The van der Waals surface area contributed by atoms with Crippen LogP contribution in [0.1, 0.15) is 6.42 Å². The van der Waals surface area contributed by atoms with Crippen LogP contribution >= 0.6 is 11.3 Å². The molecule has 0 unspecified atom stereocenters. The van der Waals surface area contributed by atoms with E-state index in [0.29, 0.717) is 6.61 Å². The number of aromatic nitrogens is 2. The molecule has 0 bridgehead atoms. The number of fused-ring (bicyclic) bond motifs is 1. The third-order valence-corrected chi connectivity index (χ3v) is 4.40. The van der Waals surface area contributed by atoms with Gasteiger partial charge in [-0.05, 0) is 23.6 Å². The van der Waals surface area contributed by atoms with Crippen molar-refractivity contribution in [1.82, 2.24) is 9.97 Å². The lowest BCUT2D eigenvalue weighted by atomic mass is 10.2. The van der Waals surface area contributed by atoms with Crippen molar-refractivity contribution in [2.45, 2.75) is 12.5 Å².